The molecule has 0 saturated carbocycles. The first-order chi connectivity index (χ1) is 10.8. The Kier molecular flexibility index (Phi) is 3.67. The van der Waals surface area contributed by atoms with Gasteiger partial charge in [-0.15, -0.1) is 10.2 Å². The van der Waals surface area contributed by atoms with Gasteiger partial charge in [-0.05, 0) is 25.0 Å². The molecule has 2 aromatic rings. The summed E-state index contributed by atoms with van der Waals surface area (Å²) < 4.78 is 6.23. The van der Waals surface area contributed by atoms with E-state index in [1.54, 1.807) is 16.8 Å². The summed E-state index contributed by atoms with van der Waals surface area (Å²) in [5.41, 5.74) is 1.66. The third-order valence-electron chi connectivity index (χ3n) is 4.38. The average molecular weight is 317 g/mol. The van der Waals surface area contributed by atoms with Crippen LogP contribution in [0.3, 0.4) is 0 Å². The van der Waals surface area contributed by atoms with Crippen molar-refractivity contribution in [3.8, 4) is 0 Å². The summed E-state index contributed by atoms with van der Waals surface area (Å²) in [6.07, 6.45) is 4.06. The van der Waals surface area contributed by atoms with E-state index in [-0.39, 0.29) is 5.60 Å². The van der Waals surface area contributed by atoms with Crippen LogP contribution >= 0.6 is 11.3 Å². The third kappa shape index (κ3) is 2.66. The molecule has 4 heterocycles. The third-order valence-corrected chi connectivity index (χ3v) is 5.13. The van der Waals surface area contributed by atoms with Crippen molar-refractivity contribution >= 4 is 22.3 Å². The van der Waals surface area contributed by atoms with E-state index >= 15 is 0 Å². The minimum Gasteiger partial charge on any atom is -0.369 e. The number of hydrogen-bond donors (Lipinski definition) is 0. The first-order valence-corrected chi connectivity index (χ1v) is 8.54. The van der Waals surface area contributed by atoms with Crippen molar-refractivity contribution in [3.63, 3.8) is 0 Å². The van der Waals surface area contributed by atoms with Gasteiger partial charge in [0.15, 0.2) is 0 Å². The second-order valence-corrected chi connectivity index (χ2v) is 6.70. The molecule has 2 fully saturated rings. The van der Waals surface area contributed by atoms with E-state index in [0.29, 0.717) is 0 Å². The van der Waals surface area contributed by atoms with Crippen LogP contribution in [-0.4, -0.2) is 53.6 Å². The smallest absolute Gasteiger partial charge is 0.208 e. The predicted molar refractivity (Wildman–Crippen MR) is 86.5 cm³/mol. The van der Waals surface area contributed by atoms with Gasteiger partial charge in [0.05, 0.1) is 19.7 Å². The molecule has 1 atom stereocenters. The first kappa shape index (κ1) is 13.9. The number of anilines is 2. The molecule has 4 rings (SSSR count). The fourth-order valence-corrected chi connectivity index (χ4v) is 3.98. The molecule has 2 aromatic heterocycles. The molecule has 0 bridgehead atoms. The Bertz CT molecular complexity index is 604. The Morgan fingerprint density at radius 2 is 2.14 bits per heavy atom. The Morgan fingerprint density at radius 1 is 1.18 bits per heavy atom. The summed E-state index contributed by atoms with van der Waals surface area (Å²) in [6, 6.07) is 6.07. The van der Waals surface area contributed by atoms with Crippen LogP contribution in [0.4, 0.5) is 10.9 Å². The van der Waals surface area contributed by atoms with Crippen molar-refractivity contribution in [2.75, 3.05) is 42.6 Å². The number of hydrogen-bond acceptors (Lipinski definition) is 7. The van der Waals surface area contributed by atoms with Crippen LogP contribution in [-0.2, 0) is 4.74 Å². The molecule has 22 heavy (non-hydrogen) atoms. The number of morpholine rings is 1. The van der Waals surface area contributed by atoms with Crippen molar-refractivity contribution in [1.82, 2.24) is 15.2 Å². The van der Waals surface area contributed by atoms with E-state index in [1.807, 2.05) is 18.3 Å². The molecule has 6 nitrogen and oxygen atoms in total. The number of nitrogens with zero attached hydrogens (tertiary/aromatic N) is 5. The molecule has 0 amide bonds. The zero-order valence-electron chi connectivity index (χ0n) is 12.4. The van der Waals surface area contributed by atoms with E-state index in [0.717, 1.165) is 56.6 Å². The second kappa shape index (κ2) is 5.81. The SMILES string of the molecule is c1ccc(N2CCO[C@@]3(CCCN(c4nncs4)C3)C2)nc1. The van der Waals surface area contributed by atoms with Crippen molar-refractivity contribution in [1.29, 1.82) is 0 Å². The van der Waals surface area contributed by atoms with E-state index in [1.165, 1.54) is 0 Å². The van der Waals surface area contributed by atoms with Crippen LogP contribution in [0.25, 0.3) is 0 Å². The second-order valence-electron chi connectivity index (χ2n) is 5.89. The van der Waals surface area contributed by atoms with Crippen molar-refractivity contribution < 1.29 is 4.74 Å². The quantitative estimate of drug-likeness (QED) is 0.842. The lowest BCUT2D eigenvalue weighted by molar-refractivity contribution is -0.0630. The van der Waals surface area contributed by atoms with Crippen molar-refractivity contribution in [3.05, 3.63) is 29.9 Å². The standard InChI is InChI=1S/C15H19N5OS/c1-2-6-16-13(4-1)19-8-9-21-15(10-19)5-3-7-20(11-15)14-18-17-12-22-14/h1-2,4,6,12H,3,5,7-11H2/t15-/m0/s1. The van der Waals surface area contributed by atoms with Gasteiger partial charge in [-0.25, -0.2) is 4.98 Å². The van der Waals surface area contributed by atoms with E-state index in [4.69, 9.17) is 4.74 Å². The summed E-state index contributed by atoms with van der Waals surface area (Å²) in [6.45, 7) is 4.45. The maximum Gasteiger partial charge on any atom is 0.208 e. The molecule has 2 aliphatic heterocycles. The summed E-state index contributed by atoms with van der Waals surface area (Å²) in [7, 11) is 0. The molecule has 0 N–H and O–H groups in total. The molecular weight excluding hydrogens is 298 g/mol. The number of ether oxygens (including phenoxy) is 1. The zero-order chi connectivity index (χ0) is 14.8. The van der Waals surface area contributed by atoms with Crippen LogP contribution < -0.4 is 9.80 Å². The van der Waals surface area contributed by atoms with Crippen molar-refractivity contribution in [2.45, 2.75) is 18.4 Å². The van der Waals surface area contributed by atoms with Gasteiger partial charge in [0.1, 0.15) is 16.9 Å². The molecule has 0 unspecified atom stereocenters. The maximum atomic E-state index is 6.23. The molecule has 0 radical (unpaired) electrons. The van der Waals surface area contributed by atoms with E-state index in [2.05, 4.69) is 31.0 Å². The molecule has 7 heteroatoms. The molecule has 0 aromatic carbocycles. The van der Waals surface area contributed by atoms with Gasteiger partial charge >= 0.3 is 0 Å². The summed E-state index contributed by atoms with van der Waals surface area (Å²) in [5, 5.41) is 9.16. The fraction of sp³-hybridized carbons (Fsp3) is 0.533. The monoisotopic (exact) mass is 317 g/mol. The van der Waals surface area contributed by atoms with Gasteiger partial charge in [-0.3, -0.25) is 0 Å². The fourth-order valence-electron chi connectivity index (χ4n) is 3.39. The molecular formula is C15H19N5OS. The van der Waals surface area contributed by atoms with Crippen LogP contribution in [0.2, 0.25) is 0 Å². The summed E-state index contributed by atoms with van der Waals surface area (Å²) in [4.78, 5) is 9.13. The van der Waals surface area contributed by atoms with E-state index < -0.39 is 0 Å². The molecule has 116 valence electrons. The normalized spacial score (nSPS) is 25.6. The number of aromatic nitrogens is 3. The van der Waals surface area contributed by atoms with Crippen LogP contribution in [0, 0.1) is 0 Å². The lowest BCUT2D eigenvalue weighted by Crippen LogP contribution is -2.60. The molecule has 2 aliphatic rings. The summed E-state index contributed by atoms with van der Waals surface area (Å²) in [5.74, 6) is 1.04. The highest BCUT2D eigenvalue weighted by molar-refractivity contribution is 7.13. The Labute approximate surface area is 133 Å². The minimum atomic E-state index is -0.125. The highest BCUT2D eigenvalue weighted by atomic mass is 32.1. The largest absolute Gasteiger partial charge is 0.369 e. The highest BCUT2D eigenvalue weighted by Crippen LogP contribution is 2.33. The number of pyridine rings is 1. The Morgan fingerprint density at radius 3 is 2.95 bits per heavy atom. The maximum absolute atomic E-state index is 6.23. The predicted octanol–water partition coefficient (Wildman–Crippen LogP) is 1.81. The molecule has 2 saturated heterocycles. The number of rotatable bonds is 2. The van der Waals surface area contributed by atoms with Gasteiger partial charge in [0, 0.05) is 19.3 Å². The zero-order valence-corrected chi connectivity index (χ0v) is 13.2. The van der Waals surface area contributed by atoms with Gasteiger partial charge in [-0.2, -0.15) is 0 Å². The topological polar surface area (TPSA) is 54.4 Å². The number of piperidine rings is 1. The van der Waals surface area contributed by atoms with Crippen LogP contribution in [0.1, 0.15) is 12.8 Å². The van der Waals surface area contributed by atoms with E-state index in [9.17, 15) is 0 Å². The minimum absolute atomic E-state index is 0.125. The summed E-state index contributed by atoms with van der Waals surface area (Å²) >= 11 is 1.60. The Hall–Kier alpha value is -1.73. The van der Waals surface area contributed by atoms with Crippen LogP contribution in [0.15, 0.2) is 29.9 Å². The van der Waals surface area contributed by atoms with Gasteiger partial charge < -0.3 is 14.5 Å². The van der Waals surface area contributed by atoms with Crippen LogP contribution in [0.5, 0.6) is 0 Å². The lowest BCUT2D eigenvalue weighted by atomic mass is 9.91. The average Bonchev–Trinajstić information content (AvgIpc) is 3.10. The molecule has 1 spiro atoms. The molecule has 0 aliphatic carbocycles. The Balaban J connectivity index is 1.53. The van der Waals surface area contributed by atoms with Gasteiger partial charge in [-0.1, -0.05) is 17.4 Å². The highest BCUT2D eigenvalue weighted by Gasteiger charge is 2.41. The van der Waals surface area contributed by atoms with Crippen molar-refractivity contribution in [2.24, 2.45) is 0 Å². The van der Waals surface area contributed by atoms with Gasteiger partial charge in [0.25, 0.3) is 0 Å². The van der Waals surface area contributed by atoms with Gasteiger partial charge in [0.2, 0.25) is 5.13 Å². The lowest BCUT2D eigenvalue weighted by Gasteiger charge is -2.48. The first-order valence-electron chi connectivity index (χ1n) is 7.66.